The Bertz CT molecular complexity index is 646. The lowest BCUT2D eigenvalue weighted by atomic mass is 9.95. The number of amides is 1. The Morgan fingerprint density at radius 2 is 1.96 bits per heavy atom. The number of hydrogen-bond donors (Lipinski definition) is 2. The number of methoxy groups -OCH3 is 1. The molecule has 2 heterocycles. The van der Waals surface area contributed by atoms with Crippen molar-refractivity contribution in [1.29, 1.82) is 0 Å². The fourth-order valence-electron chi connectivity index (χ4n) is 3.79. The van der Waals surface area contributed by atoms with Gasteiger partial charge in [0.2, 0.25) is 0 Å². The highest BCUT2D eigenvalue weighted by Gasteiger charge is 2.26. The van der Waals surface area contributed by atoms with Crippen LogP contribution >= 0.6 is 0 Å². The number of hydrogen-bond acceptors (Lipinski definition) is 5. The minimum absolute atomic E-state index is 0.178. The minimum Gasteiger partial charge on any atom is -0.496 e. The van der Waals surface area contributed by atoms with Crippen LogP contribution < -0.4 is 20.3 Å². The summed E-state index contributed by atoms with van der Waals surface area (Å²) in [4.78, 5) is 14.4. The van der Waals surface area contributed by atoms with Gasteiger partial charge in [0.15, 0.2) is 0 Å². The molecule has 0 saturated carbocycles. The van der Waals surface area contributed by atoms with Crippen molar-refractivity contribution in [2.24, 2.45) is 0 Å². The number of carbonyl (C=O) groups is 1. The number of anilines is 1. The molecule has 6 heteroatoms. The molecule has 1 saturated heterocycles. The van der Waals surface area contributed by atoms with Gasteiger partial charge in [-0.2, -0.15) is 0 Å². The van der Waals surface area contributed by atoms with Crippen LogP contribution in [0, 0.1) is 0 Å². The Morgan fingerprint density at radius 3 is 2.62 bits per heavy atom. The third kappa shape index (κ3) is 4.41. The molecule has 0 radical (unpaired) electrons. The fourth-order valence-corrected chi connectivity index (χ4v) is 3.79. The molecule has 1 amide bonds. The van der Waals surface area contributed by atoms with Crippen molar-refractivity contribution < 1.29 is 14.3 Å². The molecular weight excluding hydrogens is 330 g/mol. The quantitative estimate of drug-likeness (QED) is 0.867. The lowest BCUT2D eigenvalue weighted by Gasteiger charge is -2.36. The standard InChI is InChI=1S/C20H31N3O3/c1-20(2,3)26-19(24)22-14-8-11-23(12-9-14)17-5-6-18(25-4)16-13-21-10-7-15(16)17/h5-6,14,21H,7-13H2,1-4H3,(H,22,24). The summed E-state index contributed by atoms with van der Waals surface area (Å²) < 4.78 is 10.9. The van der Waals surface area contributed by atoms with Crippen molar-refractivity contribution in [1.82, 2.24) is 10.6 Å². The van der Waals surface area contributed by atoms with E-state index in [4.69, 9.17) is 9.47 Å². The first-order chi connectivity index (χ1) is 12.4. The van der Waals surface area contributed by atoms with Gasteiger partial charge in [0.05, 0.1) is 7.11 Å². The van der Waals surface area contributed by atoms with Crippen molar-refractivity contribution >= 4 is 11.8 Å². The second-order valence-corrected chi connectivity index (χ2v) is 8.08. The minimum atomic E-state index is -0.457. The van der Waals surface area contributed by atoms with Crippen molar-refractivity contribution in [3.8, 4) is 5.75 Å². The number of piperidine rings is 1. The Hall–Kier alpha value is -1.95. The van der Waals surface area contributed by atoms with Gasteiger partial charge in [-0.1, -0.05) is 0 Å². The Balaban J connectivity index is 1.63. The van der Waals surface area contributed by atoms with Gasteiger partial charge in [-0.3, -0.25) is 0 Å². The fraction of sp³-hybridized carbons (Fsp3) is 0.650. The van der Waals surface area contributed by atoms with E-state index in [1.807, 2.05) is 20.8 Å². The van der Waals surface area contributed by atoms with Crippen LogP contribution in [0.3, 0.4) is 0 Å². The molecule has 2 aliphatic heterocycles. The van der Waals surface area contributed by atoms with Crippen LogP contribution in [0.4, 0.5) is 10.5 Å². The van der Waals surface area contributed by atoms with Crippen LogP contribution in [0.1, 0.15) is 44.7 Å². The Labute approximate surface area is 156 Å². The zero-order chi connectivity index (χ0) is 18.7. The molecule has 0 aromatic heterocycles. The van der Waals surface area contributed by atoms with Crippen molar-refractivity contribution in [3.05, 3.63) is 23.3 Å². The molecule has 1 aromatic rings. The van der Waals surface area contributed by atoms with E-state index in [2.05, 4.69) is 27.7 Å². The van der Waals surface area contributed by atoms with E-state index in [9.17, 15) is 4.79 Å². The molecule has 0 bridgehead atoms. The molecular formula is C20H31N3O3. The summed E-state index contributed by atoms with van der Waals surface area (Å²) in [5.74, 6) is 0.970. The van der Waals surface area contributed by atoms with E-state index in [1.165, 1.54) is 16.8 Å². The first-order valence-corrected chi connectivity index (χ1v) is 9.51. The number of nitrogens with one attached hydrogen (secondary N) is 2. The molecule has 2 N–H and O–H groups in total. The smallest absolute Gasteiger partial charge is 0.407 e. The Kier molecular flexibility index (Phi) is 5.61. The van der Waals surface area contributed by atoms with Crippen LogP contribution in [0.2, 0.25) is 0 Å². The van der Waals surface area contributed by atoms with Gasteiger partial charge in [-0.25, -0.2) is 4.79 Å². The number of carbonyl (C=O) groups excluding carboxylic acids is 1. The van der Waals surface area contributed by atoms with E-state index in [-0.39, 0.29) is 12.1 Å². The first-order valence-electron chi connectivity index (χ1n) is 9.51. The summed E-state index contributed by atoms with van der Waals surface area (Å²) in [5, 5.41) is 6.44. The van der Waals surface area contributed by atoms with Crippen LogP contribution in [-0.4, -0.2) is 44.5 Å². The number of ether oxygens (including phenoxy) is 2. The molecule has 0 aliphatic carbocycles. The van der Waals surface area contributed by atoms with Crippen LogP contribution in [-0.2, 0) is 17.7 Å². The maximum Gasteiger partial charge on any atom is 0.407 e. The van der Waals surface area contributed by atoms with E-state index in [1.54, 1.807) is 7.11 Å². The first kappa shape index (κ1) is 18.8. The van der Waals surface area contributed by atoms with Crippen molar-refractivity contribution in [3.63, 3.8) is 0 Å². The van der Waals surface area contributed by atoms with Gasteiger partial charge in [0.1, 0.15) is 11.4 Å². The average molecular weight is 361 g/mol. The number of benzene rings is 1. The summed E-state index contributed by atoms with van der Waals surface area (Å²) in [6, 6.07) is 4.44. The summed E-state index contributed by atoms with van der Waals surface area (Å²) in [6.07, 6.45) is 2.57. The third-order valence-corrected chi connectivity index (χ3v) is 4.99. The molecule has 0 unspecified atom stereocenters. The Morgan fingerprint density at radius 1 is 1.23 bits per heavy atom. The molecule has 2 aliphatic rings. The highest BCUT2D eigenvalue weighted by Crippen LogP contribution is 2.34. The predicted octanol–water partition coefficient (Wildman–Crippen LogP) is 2.83. The van der Waals surface area contributed by atoms with Crippen LogP contribution in [0.15, 0.2) is 12.1 Å². The van der Waals surface area contributed by atoms with Crippen molar-refractivity contribution in [2.45, 2.75) is 58.2 Å². The molecule has 3 rings (SSSR count). The average Bonchev–Trinajstić information content (AvgIpc) is 2.60. The molecule has 1 fully saturated rings. The predicted molar refractivity (Wildman–Crippen MR) is 103 cm³/mol. The van der Waals surface area contributed by atoms with Gasteiger partial charge < -0.3 is 25.0 Å². The normalized spacial score (nSPS) is 18.2. The van der Waals surface area contributed by atoms with Gasteiger partial charge in [-0.15, -0.1) is 0 Å². The van der Waals surface area contributed by atoms with Gasteiger partial charge in [0.25, 0.3) is 0 Å². The van der Waals surface area contributed by atoms with Gasteiger partial charge in [-0.05, 0) is 64.3 Å². The zero-order valence-electron chi connectivity index (χ0n) is 16.4. The summed E-state index contributed by atoms with van der Waals surface area (Å²) in [7, 11) is 1.73. The number of alkyl carbamates (subject to hydrolysis) is 1. The number of fused-ring (bicyclic) bond motifs is 1. The van der Waals surface area contributed by atoms with E-state index in [0.29, 0.717) is 0 Å². The van der Waals surface area contributed by atoms with Crippen LogP contribution in [0.5, 0.6) is 5.75 Å². The van der Waals surface area contributed by atoms with Gasteiger partial charge >= 0.3 is 6.09 Å². The zero-order valence-corrected chi connectivity index (χ0v) is 16.4. The largest absolute Gasteiger partial charge is 0.496 e. The summed E-state index contributed by atoms with van der Waals surface area (Å²) in [6.45, 7) is 9.40. The molecule has 0 atom stereocenters. The van der Waals surface area contributed by atoms with Gasteiger partial charge in [0, 0.05) is 36.9 Å². The number of nitrogens with zero attached hydrogens (tertiary/aromatic N) is 1. The third-order valence-electron chi connectivity index (χ3n) is 4.99. The maximum atomic E-state index is 12.0. The molecule has 144 valence electrons. The lowest BCUT2D eigenvalue weighted by Crippen LogP contribution is -2.46. The molecule has 1 aromatic carbocycles. The summed E-state index contributed by atoms with van der Waals surface area (Å²) >= 11 is 0. The van der Waals surface area contributed by atoms with E-state index in [0.717, 1.165) is 51.2 Å². The molecule has 26 heavy (non-hydrogen) atoms. The monoisotopic (exact) mass is 361 g/mol. The number of rotatable bonds is 3. The maximum absolute atomic E-state index is 12.0. The second-order valence-electron chi connectivity index (χ2n) is 8.08. The second kappa shape index (κ2) is 7.74. The van der Waals surface area contributed by atoms with Crippen molar-refractivity contribution in [2.75, 3.05) is 31.6 Å². The van der Waals surface area contributed by atoms with E-state index < -0.39 is 5.60 Å². The topological polar surface area (TPSA) is 62.8 Å². The molecule has 6 nitrogen and oxygen atoms in total. The summed E-state index contributed by atoms with van der Waals surface area (Å²) in [5.41, 5.74) is 3.55. The highest BCUT2D eigenvalue weighted by molar-refractivity contribution is 5.68. The molecule has 0 spiro atoms. The lowest BCUT2D eigenvalue weighted by molar-refractivity contribution is 0.0497. The highest BCUT2D eigenvalue weighted by atomic mass is 16.6. The SMILES string of the molecule is COc1ccc(N2CCC(NC(=O)OC(C)(C)C)CC2)c2c1CNCC2. The van der Waals surface area contributed by atoms with Crippen LogP contribution in [0.25, 0.3) is 0 Å². The van der Waals surface area contributed by atoms with E-state index >= 15 is 0 Å².